The third-order valence-corrected chi connectivity index (χ3v) is 3.31. The standard InChI is InChI=1S/C14H13ClO3/c1-18-10-7-5-9(6-8-10)14(17)13-11(15)3-2-4-12(13)16/h5-8H,2-4H2,1H3. The van der Waals surface area contributed by atoms with Crippen LogP contribution in [-0.4, -0.2) is 18.7 Å². The van der Waals surface area contributed by atoms with Crippen LogP contribution in [0.1, 0.15) is 29.6 Å². The summed E-state index contributed by atoms with van der Waals surface area (Å²) >= 11 is 5.99. The molecule has 0 atom stereocenters. The fraction of sp³-hybridized carbons (Fsp3) is 0.286. The summed E-state index contributed by atoms with van der Waals surface area (Å²) in [6.45, 7) is 0. The second-order valence-electron chi connectivity index (χ2n) is 4.11. The maximum Gasteiger partial charge on any atom is 0.197 e. The molecule has 1 aromatic rings. The summed E-state index contributed by atoms with van der Waals surface area (Å²) in [5.74, 6) is 0.209. The fourth-order valence-corrected chi connectivity index (χ4v) is 2.27. The zero-order valence-electron chi connectivity index (χ0n) is 10.0. The molecule has 4 heteroatoms. The zero-order valence-corrected chi connectivity index (χ0v) is 10.8. The molecule has 0 heterocycles. The molecular weight excluding hydrogens is 252 g/mol. The molecule has 0 radical (unpaired) electrons. The van der Waals surface area contributed by atoms with Crippen LogP contribution in [0.3, 0.4) is 0 Å². The summed E-state index contributed by atoms with van der Waals surface area (Å²) in [5, 5.41) is 0.382. The predicted octanol–water partition coefficient (Wildman–Crippen LogP) is 3.12. The van der Waals surface area contributed by atoms with Gasteiger partial charge in [-0.15, -0.1) is 0 Å². The highest BCUT2D eigenvalue weighted by molar-refractivity contribution is 6.39. The van der Waals surface area contributed by atoms with Crippen LogP contribution in [0.15, 0.2) is 34.9 Å². The van der Waals surface area contributed by atoms with Crippen molar-refractivity contribution >= 4 is 23.2 Å². The lowest BCUT2D eigenvalue weighted by atomic mass is 9.91. The van der Waals surface area contributed by atoms with Gasteiger partial charge in [-0.3, -0.25) is 9.59 Å². The summed E-state index contributed by atoms with van der Waals surface area (Å²) in [4.78, 5) is 24.0. The van der Waals surface area contributed by atoms with Gasteiger partial charge in [-0.05, 0) is 37.1 Å². The number of ether oxygens (including phenoxy) is 1. The number of carbonyl (C=O) groups excluding carboxylic acids is 2. The normalized spacial score (nSPS) is 15.8. The molecule has 1 aliphatic carbocycles. The second kappa shape index (κ2) is 5.36. The summed E-state index contributed by atoms with van der Waals surface area (Å²) in [6, 6.07) is 6.66. The van der Waals surface area contributed by atoms with Gasteiger partial charge in [0.15, 0.2) is 11.6 Å². The lowest BCUT2D eigenvalue weighted by Crippen LogP contribution is -2.18. The molecule has 0 amide bonds. The minimum absolute atomic E-state index is 0.146. The van der Waals surface area contributed by atoms with Gasteiger partial charge in [-0.2, -0.15) is 0 Å². The first-order valence-corrected chi connectivity index (χ1v) is 6.12. The number of methoxy groups -OCH3 is 1. The minimum atomic E-state index is -0.299. The number of Topliss-reactive ketones (excluding diaryl/α,β-unsaturated/α-hetero) is 2. The van der Waals surface area contributed by atoms with E-state index in [2.05, 4.69) is 0 Å². The molecule has 18 heavy (non-hydrogen) atoms. The summed E-state index contributed by atoms with van der Waals surface area (Å²) < 4.78 is 5.02. The number of hydrogen-bond donors (Lipinski definition) is 0. The van der Waals surface area contributed by atoms with Crippen LogP contribution in [0, 0.1) is 0 Å². The van der Waals surface area contributed by atoms with Gasteiger partial charge in [0.2, 0.25) is 0 Å². The Balaban J connectivity index is 2.32. The first kappa shape index (κ1) is 12.8. The molecule has 0 spiro atoms. The second-order valence-corrected chi connectivity index (χ2v) is 4.57. The molecule has 1 aromatic carbocycles. The van der Waals surface area contributed by atoms with Crippen LogP contribution in [0.4, 0.5) is 0 Å². The van der Waals surface area contributed by atoms with Gasteiger partial charge >= 0.3 is 0 Å². The zero-order chi connectivity index (χ0) is 13.1. The van der Waals surface area contributed by atoms with Crippen molar-refractivity contribution in [3.05, 3.63) is 40.4 Å². The van der Waals surface area contributed by atoms with Crippen LogP contribution in [0.5, 0.6) is 5.75 Å². The Labute approximate surface area is 110 Å². The van der Waals surface area contributed by atoms with Crippen molar-refractivity contribution in [3.8, 4) is 5.75 Å². The molecule has 2 rings (SSSR count). The van der Waals surface area contributed by atoms with Gasteiger partial charge < -0.3 is 4.74 Å². The van der Waals surface area contributed by atoms with E-state index in [1.807, 2.05) is 0 Å². The number of carbonyl (C=O) groups is 2. The van der Waals surface area contributed by atoms with Crippen LogP contribution >= 0.6 is 11.6 Å². The molecule has 0 N–H and O–H groups in total. The Hall–Kier alpha value is -1.61. The molecule has 0 saturated heterocycles. The van der Waals surface area contributed by atoms with Crippen molar-refractivity contribution in [1.82, 2.24) is 0 Å². The van der Waals surface area contributed by atoms with Crippen molar-refractivity contribution in [1.29, 1.82) is 0 Å². The molecule has 94 valence electrons. The molecule has 0 unspecified atom stereocenters. The quantitative estimate of drug-likeness (QED) is 0.622. The molecule has 0 aliphatic heterocycles. The van der Waals surface area contributed by atoms with E-state index < -0.39 is 0 Å². The predicted molar refractivity (Wildman–Crippen MR) is 69.1 cm³/mol. The number of allylic oxidation sites excluding steroid dienone is 2. The Bertz CT molecular complexity index is 514. The summed E-state index contributed by atoms with van der Waals surface area (Å²) in [6.07, 6.45) is 1.72. The fourth-order valence-electron chi connectivity index (χ4n) is 1.94. The molecule has 1 aliphatic rings. The maximum absolute atomic E-state index is 12.2. The van der Waals surface area contributed by atoms with E-state index in [-0.39, 0.29) is 17.1 Å². The van der Waals surface area contributed by atoms with Crippen LogP contribution < -0.4 is 4.74 Å². The minimum Gasteiger partial charge on any atom is -0.497 e. The number of halogens is 1. The lowest BCUT2D eigenvalue weighted by Gasteiger charge is -2.14. The molecule has 0 aromatic heterocycles. The van der Waals surface area contributed by atoms with Gasteiger partial charge in [0, 0.05) is 17.0 Å². The summed E-state index contributed by atoms with van der Waals surface area (Å²) in [5.41, 5.74) is 0.604. The first-order chi connectivity index (χ1) is 8.63. The molecule has 0 saturated carbocycles. The van der Waals surface area contributed by atoms with Crippen molar-refractivity contribution < 1.29 is 14.3 Å². The van der Waals surface area contributed by atoms with E-state index in [0.29, 0.717) is 29.2 Å². The lowest BCUT2D eigenvalue weighted by molar-refractivity contribution is -0.115. The van der Waals surface area contributed by atoms with E-state index in [9.17, 15) is 9.59 Å². The van der Waals surface area contributed by atoms with E-state index in [0.717, 1.165) is 6.42 Å². The van der Waals surface area contributed by atoms with Crippen LogP contribution in [0.25, 0.3) is 0 Å². The van der Waals surface area contributed by atoms with Crippen molar-refractivity contribution in [2.24, 2.45) is 0 Å². The third-order valence-electron chi connectivity index (χ3n) is 2.93. The van der Waals surface area contributed by atoms with Gasteiger partial charge in [-0.25, -0.2) is 0 Å². The number of ketones is 2. The molecular formula is C14H13ClO3. The average Bonchev–Trinajstić information content (AvgIpc) is 2.38. The van der Waals surface area contributed by atoms with Crippen molar-refractivity contribution in [2.75, 3.05) is 7.11 Å². The smallest absolute Gasteiger partial charge is 0.197 e. The molecule has 3 nitrogen and oxygen atoms in total. The third kappa shape index (κ3) is 2.46. The monoisotopic (exact) mass is 264 g/mol. The van der Waals surface area contributed by atoms with Gasteiger partial charge in [0.1, 0.15) is 5.75 Å². The molecule has 0 bridgehead atoms. The highest BCUT2D eigenvalue weighted by atomic mass is 35.5. The van der Waals surface area contributed by atoms with Crippen molar-refractivity contribution in [3.63, 3.8) is 0 Å². The van der Waals surface area contributed by atoms with E-state index >= 15 is 0 Å². The average molecular weight is 265 g/mol. The number of rotatable bonds is 3. The molecule has 0 fully saturated rings. The topological polar surface area (TPSA) is 43.4 Å². The Morgan fingerprint density at radius 3 is 2.44 bits per heavy atom. The number of hydrogen-bond acceptors (Lipinski definition) is 3. The van der Waals surface area contributed by atoms with Crippen LogP contribution in [-0.2, 0) is 4.79 Å². The van der Waals surface area contributed by atoms with E-state index in [4.69, 9.17) is 16.3 Å². The Morgan fingerprint density at radius 1 is 1.22 bits per heavy atom. The van der Waals surface area contributed by atoms with E-state index in [1.165, 1.54) is 0 Å². The van der Waals surface area contributed by atoms with Gasteiger partial charge in [-0.1, -0.05) is 11.6 Å². The largest absolute Gasteiger partial charge is 0.497 e. The summed E-state index contributed by atoms with van der Waals surface area (Å²) in [7, 11) is 1.56. The highest BCUT2D eigenvalue weighted by Gasteiger charge is 2.26. The Morgan fingerprint density at radius 2 is 1.89 bits per heavy atom. The SMILES string of the molecule is COc1ccc(C(=O)C2=C(Cl)CCCC2=O)cc1. The maximum atomic E-state index is 12.2. The van der Waals surface area contributed by atoms with Crippen LogP contribution in [0.2, 0.25) is 0 Å². The number of benzene rings is 1. The van der Waals surface area contributed by atoms with Gasteiger partial charge in [0.05, 0.1) is 12.7 Å². The Kier molecular flexibility index (Phi) is 3.82. The van der Waals surface area contributed by atoms with Gasteiger partial charge in [0.25, 0.3) is 0 Å². The van der Waals surface area contributed by atoms with Crippen molar-refractivity contribution in [2.45, 2.75) is 19.3 Å². The van der Waals surface area contributed by atoms with E-state index in [1.54, 1.807) is 31.4 Å². The highest BCUT2D eigenvalue weighted by Crippen LogP contribution is 2.28. The first-order valence-electron chi connectivity index (χ1n) is 5.74.